The number of carbonyl (C=O) groups excluding carboxylic acids is 2. The molecule has 5 saturated carbocycles. The van der Waals surface area contributed by atoms with Crippen LogP contribution < -0.4 is 0 Å². The molecule has 1 aromatic carbocycles. The molecule has 0 radical (unpaired) electrons. The average molecular weight is 644 g/mol. The van der Waals surface area contributed by atoms with E-state index in [1.165, 1.54) is 7.11 Å². The number of aliphatic hydroxyl groups is 2. The number of benzene rings is 1. The Hall–Kier alpha value is -2.12. The predicted molar refractivity (Wildman–Crippen MR) is 164 cm³/mol. The summed E-state index contributed by atoms with van der Waals surface area (Å²) in [7, 11) is 8.69. The van der Waals surface area contributed by atoms with Crippen molar-refractivity contribution < 1.29 is 48.2 Å². The number of rotatable bonds is 10. The number of esters is 2. The van der Waals surface area contributed by atoms with Crippen LogP contribution in [-0.2, 0) is 33.2 Å². The molecule has 11 nitrogen and oxygen atoms in total. The first-order valence-electron chi connectivity index (χ1n) is 16.7. The van der Waals surface area contributed by atoms with E-state index in [0.29, 0.717) is 18.6 Å². The molecule has 5 aliphatic carbocycles. The average Bonchev–Trinajstić information content (AvgIpc) is 3.43. The van der Waals surface area contributed by atoms with Crippen LogP contribution in [0.1, 0.15) is 49.4 Å². The van der Waals surface area contributed by atoms with Crippen LogP contribution in [-0.4, -0.2) is 123 Å². The van der Waals surface area contributed by atoms with Crippen molar-refractivity contribution in [3.05, 3.63) is 35.9 Å². The number of nitrogens with zero attached hydrogens (tertiary/aromatic N) is 1. The second-order valence-electron chi connectivity index (χ2n) is 14.8. The number of aliphatic hydroxyl groups excluding tert-OH is 1. The molecule has 254 valence electrons. The van der Waals surface area contributed by atoms with Crippen LogP contribution in [0.15, 0.2) is 30.3 Å². The topological polar surface area (TPSA) is 133 Å². The van der Waals surface area contributed by atoms with Gasteiger partial charge in [-0.1, -0.05) is 25.1 Å². The third-order valence-corrected chi connectivity index (χ3v) is 13.2. The van der Waals surface area contributed by atoms with E-state index in [9.17, 15) is 19.8 Å². The van der Waals surface area contributed by atoms with E-state index in [4.69, 9.17) is 28.4 Å². The number of methoxy groups -OCH3 is 4. The second kappa shape index (κ2) is 11.2. The number of likely N-dealkylation sites (tertiary alicyclic amines) is 1. The van der Waals surface area contributed by atoms with E-state index in [-0.39, 0.29) is 42.2 Å². The molecule has 7 bridgehead atoms. The lowest BCUT2D eigenvalue weighted by molar-refractivity contribution is -0.317. The fourth-order valence-electron chi connectivity index (χ4n) is 12.5. The lowest BCUT2D eigenvalue weighted by Gasteiger charge is -2.69. The molecular formula is C35H49NO10. The first-order valence-corrected chi connectivity index (χ1v) is 16.7. The smallest absolute Gasteiger partial charge is 0.338 e. The summed E-state index contributed by atoms with van der Waals surface area (Å²) in [5.41, 5.74) is -3.93. The third kappa shape index (κ3) is 3.79. The van der Waals surface area contributed by atoms with Crippen molar-refractivity contribution in [3.63, 3.8) is 0 Å². The van der Waals surface area contributed by atoms with Gasteiger partial charge in [0, 0.05) is 76.0 Å². The molecule has 1 saturated heterocycles. The minimum Gasteiger partial charge on any atom is -0.455 e. The van der Waals surface area contributed by atoms with E-state index in [0.717, 1.165) is 19.4 Å². The van der Waals surface area contributed by atoms with Gasteiger partial charge in [-0.05, 0) is 50.8 Å². The van der Waals surface area contributed by atoms with Gasteiger partial charge in [0.25, 0.3) is 0 Å². The lowest BCUT2D eigenvalue weighted by Crippen LogP contribution is -2.80. The van der Waals surface area contributed by atoms with E-state index >= 15 is 0 Å². The summed E-state index contributed by atoms with van der Waals surface area (Å²) in [5.74, 6) is -2.83. The molecule has 14 atom stereocenters. The highest BCUT2D eigenvalue weighted by Crippen LogP contribution is 2.80. The van der Waals surface area contributed by atoms with Crippen LogP contribution in [0.25, 0.3) is 0 Å². The van der Waals surface area contributed by atoms with Crippen molar-refractivity contribution in [3.8, 4) is 0 Å². The summed E-state index contributed by atoms with van der Waals surface area (Å²) in [6.07, 6.45) is -1.94. The van der Waals surface area contributed by atoms with Gasteiger partial charge in [-0.2, -0.15) is 0 Å². The number of piperidine rings is 1. The van der Waals surface area contributed by atoms with Gasteiger partial charge in [0.05, 0.1) is 24.4 Å². The highest BCUT2D eigenvalue weighted by Gasteiger charge is 2.91. The summed E-state index contributed by atoms with van der Waals surface area (Å²) in [6.45, 7) is 3.14. The number of ether oxygens (including phenoxy) is 6. The highest BCUT2D eigenvalue weighted by atomic mass is 16.6. The van der Waals surface area contributed by atoms with Gasteiger partial charge in [-0.25, -0.2) is 4.79 Å². The van der Waals surface area contributed by atoms with E-state index < -0.39 is 64.8 Å². The molecule has 1 unspecified atom stereocenters. The Balaban J connectivity index is 1.50. The molecule has 0 aromatic heterocycles. The Kier molecular flexibility index (Phi) is 7.91. The summed E-state index contributed by atoms with van der Waals surface area (Å²) in [6, 6.07) is 8.43. The summed E-state index contributed by atoms with van der Waals surface area (Å²) >= 11 is 0. The van der Waals surface area contributed by atoms with Gasteiger partial charge >= 0.3 is 11.9 Å². The monoisotopic (exact) mass is 643 g/mol. The van der Waals surface area contributed by atoms with Crippen LogP contribution in [0.5, 0.6) is 0 Å². The fourth-order valence-corrected chi connectivity index (χ4v) is 12.5. The lowest BCUT2D eigenvalue weighted by atomic mass is 9.43. The van der Waals surface area contributed by atoms with Gasteiger partial charge < -0.3 is 43.5 Å². The van der Waals surface area contributed by atoms with Crippen molar-refractivity contribution in [1.82, 2.24) is 4.90 Å². The first kappa shape index (κ1) is 32.4. The summed E-state index contributed by atoms with van der Waals surface area (Å²) in [5, 5.41) is 25.4. The van der Waals surface area contributed by atoms with Crippen LogP contribution in [0, 0.1) is 34.5 Å². The number of hydrogen-bond acceptors (Lipinski definition) is 11. The van der Waals surface area contributed by atoms with Crippen molar-refractivity contribution >= 4 is 11.9 Å². The molecular weight excluding hydrogens is 594 g/mol. The molecule has 1 aliphatic heterocycles. The Morgan fingerprint density at radius 2 is 1.76 bits per heavy atom. The fraction of sp³-hybridized carbons (Fsp3) is 0.771. The molecule has 1 aromatic rings. The summed E-state index contributed by atoms with van der Waals surface area (Å²) in [4.78, 5) is 29.9. The molecule has 6 aliphatic rings. The highest BCUT2D eigenvalue weighted by molar-refractivity contribution is 5.89. The second-order valence-corrected chi connectivity index (χ2v) is 14.8. The maximum atomic E-state index is 13.8. The molecule has 1 heterocycles. The van der Waals surface area contributed by atoms with Crippen molar-refractivity contribution in [2.24, 2.45) is 34.5 Å². The Bertz CT molecular complexity index is 1350. The van der Waals surface area contributed by atoms with Crippen LogP contribution in [0.3, 0.4) is 0 Å². The largest absolute Gasteiger partial charge is 0.455 e. The van der Waals surface area contributed by atoms with Crippen LogP contribution in [0.2, 0.25) is 0 Å². The van der Waals surface area contributed by atoms with Crippen LogP contribution in [0.4, 0.5) is 0 Å². The zero-order valence-electron chi connectivity index (χ0n) is 27.7. The number of hydrogen-bond donors (Lipinski definition) is 2. The molecule has 11 heteroatoms. The minimum atomic E-state index is -1.76. The Labute approximate surface area is 270 Å². The molecule has 7 rings (SSSR count). The maximum Gasteiger partial charge on any atom is 0.338 e. The van der Waals surface area contributed by atoms with Crippen LogP contribution >= 0.6 is 0 Å². The summed E-state index contributed by atoms with van der Waals surface area (Å²) < 4.78 is 38.0. The molecule has 6 fully saturated rings. The van der Waals surface area contributed by atoms with Crippen molar-refractivity contribution in [2.75, 3.05) is 48.6 Å². The third-order valence-electron chi connectivity index (χ3n) is 13.2. The molecule has 0 amide bonds. The normalized spacial score (nSPS) is 48.3. The van der Waals surface area contributed by atoms with Gasteiger partial charge in [-0.3, -0.25) is 4.79 Å². The molecule has 2 N–H and O–H groups in total. The van der Waals surface area contributed by atoms with E-state index in [2.05, 4.69) is 11.9 Å². The van der Waals surface area contributed by atoms with Gasteiger partial charge in [0.15, 0.2) is 5.60 Å². The van der Waals surface area contributed by atoms with Gasteiger partial charge in [0.1, 0.15) is 23.9 Å². The zero-order valence-corrected chi connectivity index (χ0v) is 27.7. The van der Waals surface area contributed by atoms with Gasteiger partial charge in [0.2, 0.25) is 0 Å². The molecule has 1 spiro atoms. The predicted octanol–water partition coefficient (Wildman–Crippen LogP) is 2.07. The Morgan fingerprint density at radius 1 is 1.02 bits per heavy atom. The zero-order chi connectivity index (χ0) is 32.8. The quantitative estimate of drug-likeness (QED) is 0.363. The van der Waals surface area contributed by atoms with E-state index in [1.807, 2.05) is 13.0 Å². The SMILES string of the molecule is CCCC(=O)O[C@]12[C@H]3[C@@H](OC(=O)c4ccccc4)[C@](O)(C[C@H]3[C@@]34C5[C@@H]1[C@H](OC)[C@@H]3[C@@](COC)(CC[C@@H]4OC)CN5C)[C@@H](OC)[C@@H]2O. The molecule has 46 heavy (non-hydrogen) atoms. The first-order chi connectivity index (χ1) is 22.1. The van der Waals surface area contributed by atoms with E-state index in [1.54, 1.807) is 45.6 Å². The van der Waals surface area contributed by atoms with Crippen molar-refractivity contribution in [1.29, 1.82) is 0 Å². The number of carbonyl (C=O) groups is 2. The Morgan fingerprint density at radius 3 is 2.39 bits per heavy atom. The van der Waals surface area contributed by atoms with Gasteiger partial charge in [-0.15, -0.1) is 0 Å². The maximum absolute atomic E-state index is 13.8. The standard InChI is InChI=1S/C35H49NO10/c1-7-11-22(37)46-35-23-20(16-33(40,30(44-6)28(35)38)29(23)45-31(39)19-12-9-8-10-13-19)34-21(42-4)14-15-32(18-41-3)17-36(2)27(34)24(35)25(43-5)26(32)34/h8-10,12-13,20-21,23-30,38,40H,7,11,14-18H2,1-6H3/t20-,21+,23-,24+,25+,26-,27?,28+,29-,30+,32+,33-,34+,35-/m1/s1. The number of fused-ring (bicyclic) bond motifs is 2. The van der Waals surface area contributed by atoms with Crippen molar-refractivity contribution in [2.45, 2.75) is 86.8 Å². The minimum absolute atomic E-state index is 0.103.